The van der Waals surface area contributed by atoms with Crippen molar-refractivity contribution in [1.82, 2.24) is 10.3 Å². The molecule has 116 valence electrons. The molecule has 0 amide bonds. The SMILES string of the molecule is Cc1nc(O[C@H](c2ccccc2)[C@@H]2CCNC2)c(Br)cc1Br. The molecule has 1 aromatic heterocycles. The lowest BCUT2D eigenvalue weighted by Gasteiger charge is -2.25. The standard InChI is InChI=1S/C17H18Br2N2O/c1-11-14(18)9-15(19)17(21-11)22-16(13-7-8-20-10-13)12-5-3-2-4-6-12/h2-6,9,13,16,20H,7-8,10H2,1H3/t13-,16-/m1/s1. The first kappa shape index (κ1) is 16.0. The van der Waals surface area contributed by atoms with Gasteiger partial charge in [0.05, 0.1) is 10.2 Å². The van der Waals surface area contributed by atoms with Crippen molar-refractivity contribution in [3.63, 3.8) is 0 Å². The fourth-order valence-electron chi connectivity index (χ4n) is 2.75. The van der Waals surface area contributed by atoms with E-state index in [0.29, 0.717) is 11.8 Å². The number of hydrogen-bond donors (Lipinski definition) is 1. The van der Waals surface area contributed by atoms with Crippen molar-refractivity contribution < 1.29 is 4.74 Å². The van der Waals surface area contributed by atoms with Crippen LogP contribution in [0.3, 0.4) is 0 Å². The largest absolute Gasteiger partial charge is 0.468 e. The fraction of sp³-hybridized carbons (Fsp3) is 0.353. The van der Waals surface area contributed by atoms with E-state index in [4.69, 9.17) is 4.74 Å². The predicted octanol–water partition coefficient (Wildman–Crippen LogP) is 4.64. The summed E-state index contributed by atoms with van der Waals surface area (Å²) in [6.45, 7) is 4.00. The molecule has 2 aromatic rings. The first-order valence-corrected chi connectivity index (χ1v) is 8.98. The van der Waals surface area contributed by atoms with Crippen LogP contribution in [0.4, 0.5) is 0 Å². The lowest BCUT2D eigenvalue weighted by molar-refractivity contribution is 0.136. The van der Waals surface area contributed by atoms with Gasteiger partial charge in [0.2, 0.25) is 5.88 Å². The van der Waals surface area contributed by atoms with Crippen LogP contribution in [0.25, 0.3) is 0 Å². The maximum Gasteiger partial charge on any atom is 0.228 e. The van der Waals surface area contributed by atoms with E-state index in [1.807, 2.05) is 19.1 Å². The van der Waals surface area contributed by atoms with Gasteiger partial charge in [0.1, 0.15) is 6.10 Å². The van der Waals surface area contributed by atoms with Gasteiger partial charge in [0.25, 0.3) is 0 Å². The molecule has 1 saturated heterocycles. The van der Waals surface area contributed by atoms with Crippen molar-refractivity contribution in [1.29, 1.82) is 0 Å². The summed E-state index contributed by atoms with van der Waals surface area (Å²) in [7, 11) is 0. The number of hydrogen-bond acceptors (Lipinski definition) is 3. The smallest absolute Gasteiger partial charge is 0.228 e. The molecule has 3 rings (SSSR count). The average molecular weight is 426 g/mol. The molecule has 1 aliphatic heterocycles. The number of nitrogens with zero attached hydrogens (tertiary/aromatic N) is 1. The normalized spacial score (nSPS) is 19.1. The van der Waals surface area contributed by atoms with Crippen LogP contribution in [0.15, 0.2) is 45.3 Å². The Morgan fingerprint density at radius 2 is 2.00 bits per heavy atom. The fourth-order valence-corrected chi connectivity index (χ4v) is 3.79. The highest BCUT2D eigenvalue weighted by Gasteiger charge is 2.29. The van der Waals surface area contributed by atoms with Gasteiger partial charge in [-0.1, -0.05) is 30.3 Å². The van der Waals surface area contributed by atoms with E-state index in [1.54, 1.807) is 0 Å². The lowest BCUT2D eigenvalue weighted by atomic mass is 9.95. The molecule has 2 heterocycles. The molecule has 5 heteroatoms. The third kappa shape index (κ3) is 3.53. The molecule has 3 nitrogen and oxygen atoms in total. The first-order valence-electron chi connectivity index (χ1n) is 7.40. The third-order valence-corrected chi connectivity index (χ3v) is 5.34. The van der Waals surface area contributed by atoms with Gasteiger partial charge in [0, 0.05) is 16.9 Å². The van der Waals surface area contributed by atoms with Crippen molar-refractivity contribution in [3.05, 3.63) is 56.6 Å². The zero-order chi connectivity index (χ0) is 15.5. The summed E-state index contributed by atoms with van der Waals surface area (Å²) in [5.41, 5.74) is 2.13. The Labute approximate surface area is 147 Å². The van der Waals surface area contributed by atoms with E-state index in [1.165, 1.54) is 5.56 Å². The molecule has 0 spiro atoms. The number of rotatable bonds is 4. The summed E-state index contributed by atoms with van der Waals surface area (Å²) < 4.78 is 8.18. The minimum absolute atomic E-state index is 0.0144. The highest BCUT2D eigenvalue weighted by molar-refractivity contribution is 9.11. The average Bonchev–Trinajstić information content (AvgIpc) is 3.04. The van der Waals surface area contributed by atoms with Crippen molar-refractivity contribution in [2.24, 2.45) is 5.92 Å². The Hall–Kier alpha value is -0.910. The van der Waals surface area contributed by atoms with Crippen LogP contribution in [0.1, 0.15) is 23.8 Å². The number of halogens is 2. The summed E-state index contributed by atoms with van der Waals surface area (Å²) in [5.74, 6) is 1.11. The number of ether oxygens (including phenoxy) is 1. The molecule has 0 saturated carbocycles. The molecule has 2 atom stereocenters. The minimum atomic E-state index is 0.0144. The van der Waals surface area contributed by atoms with Crippen LogP contribution in [0, 0.1) is 12.8 Å². The van der Waals surface area contributed by atoms with Gasteiger partial charge >= 0.3 is 0 Å². The molecular weight excluding hydrogens is 408 g/mol. The molecule has 0 radical (unpaired) electrons. The maximum absolute atomic E-state index is 6.33. The second-order valence-corrected chi connectivity index (χ2v) is 7.25. The quantitative estimate of drug-likeness (QED) is 0.774. The van der Waals surface area contributed by atoms with Crippen LogP contribution in [0.2, 0.25) is 0 Å². The number of nitrogens with one attached hydrogen (secondary N) is 1. The van der Waals surface area contributed by atoms with Gasteiger partial charge in [0.15, 0.2) is 0 Å². The molecule has 0 bridgehead atoms. The van der Waals surface area contributed by atoms with E-state index in [-0.39, 0.29) is 6.10 Å². The van der Waals surface area contributed by atoms with Crippen molar-refractivity contribution >= 4 is 31.9 Å². The van der Waals surface area contributed by atoms with Crippen LogP contribution >= 0.6 is 31.9 Å². The van der Waals surface area contributed by atoms with Crippen LogP contribution in [-0.2, 0) is 0 Å². The van der Waals surface area contributed by atoms with Crippen molar-refractivity contribution in [2.45, 2.75) is 19.4 Å². The Kier molecular flexibility index (Phi) is 5.16. The summed E-state index contributed by atoms with van der Waals surface area (Å²) >= 11 is 7.06. The van der Waals surface area contributed by atoms with Crippen molar-refractivity contribution in [3.8, 4) is 5.88 Å². The second-order valence-electron chi connectivity index (χ2n) is 5.54. The molecule has 22 heavy (non-hydrogen) atoms. The molecule has 1 N–H and O–H groups in total. The van der Waals surface area contributed by atoms with E-state index >= 15 is 0 Å². The van der Waals surface area contributed by atoms with Crippen LogP contribution in [0.5, 0.6) is 5.88 Å². The maximum atomic E-state index is 6.33. The lowest BCUT2D eigenvalue weighted by Crippen LogP contribution is -2.22. The molecule has 0 unspecified atom stereocenters. The zero-order valence-electron chi connectivity index (χ0n) is 12.4. The van der Waals surface area contributed by atoms with E-state index in [0.717, 1.165) is 34.1 Å². The highest BCUT2D eigenvalue weighted by Crippen LogP contribution is 2.35. The van der Waals surface area contributed by atoms with Gasteiger partial charge in [-0.05, 0) is 63.4 Å². The number of benzene rings is 1. The number of pyridine rings is 1. The van der Waals surface area contributed by atoms with E-state index in [2.05, 4.69) is 66.4 Å². The summed E-state index contributed by atoms with van der Waals surface area (Å²) in [6, 6.07) is 12.4. The van der Waals surface area contributed by atoms with Crippen LogP contribution in [-0.4, -0.2) is 18.1 Å². The Bertz CT molecular complexity index is 643. The van der Waals surface area contributed by atoms with E-state index < -0.39 is 0 Å². The topological polar surface area (TPSA) is 34.1 Å². The summed E-state index contributed by atoms with van der Waals surface area (Å²) in [4.78, 5) is 4.57. The van der Waals surface area contributed by atoms with Gasteiger partial charge in [-0.3, -0.25) is 0 Å². The monoisotopic (exact) mass is 424 g/mol. The minimum Gasteiger partial charge on any atom is -0.468 e. The van der Waals surface area contributed by atoms with Gasteiger partial charge in [-0.25, -0.2) is 4.98 Å². The van der Waals surface area contributed by atoms with Crippen LogP contribution < -0.4 is 10.1 Å². The Morgan fingerprint density at radius 3 is 2.68 bits per heavy atom. The van der Waals surface area contributed by atoms with Gasteiger partial charge < -0.3 is 10.1 Å². The molecule has 1 aromatic carbocycles. The predicted molar refractivity (Wildman–Crippen MR) is 95.2 cm³/mol. The van der Waals surface area contributed by atoms with Crippen molar-refractivity contribution in [2.75, 3.05) is 13.1 Å². The third-order valence-electron chi connectivity index (χ3n) is 3.97. The zero-order valence-corrected chi connectivity index (χ0v) is 15.5. The second kappa shape index (κ2) is 7.11. The molecule has 0 aliphatic carbocycles. The molecule has 1 aliphatic rings. The molecule has 1 fully saturated rings. The van der Waals surface area contributed by atoms with Gasteiger partial charge in [-0.15, -0.1) is 0 Å². The molecular formula is C17H18Br2N2O. The highest BCUT2D eigenvalue weighted by atomic mass is 79.9. The summed E-state index contributed by atoms with van der Waals surface area (Å²) in [5, 5.41) is 3.42. The Balaban J connectivity index is 1.92. The Morgan fingerprint density at radius 1 is 1.23 bits per heavy atom. The number of aromatic nitrogens is 1. The number of aryl methyl sites for hydroxylation is 1. The first-order chi connectivity index (χ1) is 10.6. The van der Waals surface area contributed by atoms with Gasteiger partial charge in [-0.2, -0.15) is 0 Å². The summed E-state index contributed by atoms with van der Waals surface area (Å²) in [6.07, 6.45) is 1.13. The van der Waals surface area contributed by atoms with E-state index in [9.17, 15) is 0 Å².